The minimum atomic E-state index is -1.65. The number of carbonyl (C=O) groups excluding carboxylic acids is 5. The highest BCUT2D eigenvalue weighted by Crippen LogP contribution is 2.34. The summed E-state index contributed by atoms with van der Waals surface area (Å²) in [4.78, 5) is 61.1. The minimum absolute atomic E-state index is 0.0666. The van der Waals surface area contributed by atoms with E-state index in [1.54, 1.807) is 0 Å². The number of aliphatic hydroxyl groups excluding tert-OH is 1. The molecule has 1 amide bonds. The Labute approximate surface area is 300 Å². The molecule has 10 atom stereocenters. The molecule has 2 aromatic rings. The van der Waals surface area contributed by atoms with E-state index in [4.69, 9.17) is 42.6 Å². The van der Waals surface area contributed by atoms with Gasteiger partial charge in [-0.15, -0.1) is 0 Å². The number of ether oxygens (including phenoxy) is 9. The summed E-state index contributed by atoms with van der Waals surface area (Å²) in [6.45, 7) is 5.26. The fourth-order valence-electron chi connectivity index (χ4n) is 5.83. The highest BCUT2D eigenvalue weighted by atomic mass is 16.8. The van der Waals surface area contributed by atoms with Crippen LogP contribution in [-0.2, 0) is 79.8 Å². The van der Waals surface area contributed by atoms with Gasteiger partial charge in [0.1, 0.15) is 37.1 Å². The Morgan fingerprint density at radius 1 is 0.635 bits per heavy atom. The summed E-state index contributed by atoms with van der Waals surface area (Å²) >= 11 is 0. The van der Waals surface area contributed by atoms with Gasteiger partial charge in [-0.3, -0.25) is 24.0 Å². The average Bonchev–Trinajstić information content (AvgIpc) is 3.08. The van der Waals surface area contributed by atoms with Gasteiger partial charge in [-0.2, -0.15) is 0 Å². The van der Waals surface area contributed by atoms with E-state index in [0.717, 1.165) is 38.8 Å². The summed E-state index contributed by atoms with van der Waals surface area (Å²) in [5.41, 5.74) is 1.65. The van der Waals surface area contributed by atoms with Crippen molar-refractivity contribution in [2.24, 2.45) is 0 Å². The minimum Gasteiger partial charge on any atom is -0.463 e. The first-order valence-corrected chi connectivity index (χ1v) is 16.7. The molecule has 2 saturated heterocycles. The Morgan fingerprint density at radius 2 is 1.15 bits per heavy atom. The summed E-state index contributed by atoms with van der Waals surface area (Å²) in [6.07, 6.45) is -12.7. The molecule has 2 fully saturated rings. The first kappa shape index (κ1) is 40.3. The molecule has 2 aromatic carbocycles. The zero-order valence-corrected chi connectivity index (χ0v) is 29.5. The molecule has 0 bridgehead atoms. The summed E-state index contributed by atoms with van der Waals surface area (Å²) in [5.74, 6) is -3.67. The molecule has 0 aromatic heterocycles. The van der Waals surface area contributed by atoms with E-state index in [1.165, 1.54) is 6.92 Å². The van der Waals surface area contributed by atoms with Gasteiger partial charge in [0.25, 0.3) is 0 Å². The molecular formula is C36H45NO15. The lowest BCUT2D eigenvalue weighted by molar-refractivity contribution is -0.351. The van der Waals surface area contributed by atoms with E-state index in [-0.39, 0.29) is 19.8 Å². The number of hydrogen-bond acceptors (Lipinski definition) is 15. The lowest BCUT2D eigenvalue weighted by atomic mass is 9.95. The van der Waals surface area contributed by atoms with Crippen molar-refractivity contribution in [3.63, 3.8) is 0 Å². The monoisotopic (exact) mass is 731 g/mol. The van der Waals surface area contributed by atoms with Gasteiger partial charge < -0.3 is 53.1 Å². The third kappa shape index (κ3) is 11.8. The van der Waals surface area contributed by atoms with Gasteiger partial charge in [-0.25, -0.2) is 0 Å². The molecule has 16 nitrogen and oxygen atoms in total. The highest BCUT2D eigenvalue weighted by molar-refractivity contribution is 5.73. The van der Waals surface area contributed by atoms with E-state index >= 15 is 0 Å². The number of aliphatic hydroxyl groups is 1. The predicted octanol–water partition coefficient (Wildman–Crippen LogP) is 1.48. The largest absolute Gasteiger partial charge is 0.463 e. The second-order valence-corrected chi connectivity index (χ2v) is 12.2. The number of hydrogen-bond donors (Lipinski definition) is 2. The van der Waals surface area contributed by atoms with Gasteiger partial charge in [0.2, 0.25) is 5.91 Å². The van der Waals surface area contributed by atoms with E-state index in [0.29, 0.717) is 0 Å². The Kier molecular flexibility index (Phi) is 15.0. The zero-order valence-electron chi connectivity index (χ0n) is 29.5. The first-order chi connectivity index (χ1) is 24.8. The van der Waals surface area contributed by atoms with Crippen molar-refractivity contribution in [3.05, 3.63) is 71.8 Å². The number of rotatable bonds is 15. The highest BCUT2D eigenvalue weighted by Gasteiger charge is 2.56. The summed E-state index contributed by atoms with van der Waals surface area (Å²) < 4.78 is 52.6. The lowest BCUT2D eigenvalue weighted by Gasteiger charge is -2.48. The molecule has 52 heavy (non-hydrogen) atoms. The molecule has 0 saturated carbocycles. The molecule has 2 heterocycles. The van der Waals surface area contributed by atoms with Crippen LogP contribution in [0.1, 0.15) is 45.7 Å². The Bertz CT molecular complexity index is 1490. The Hall–Kier alpha value is -4.45. The molecule has 16 heteroatoms. The van der Waals surface area contributed by atoms with Crippen LogP contribution >= 0.6 is 0 Å². The van der Waals surface area contributed by atoms with Crippen molar-refractivity contribution < 1.29 is 71.7 Å². The van der Waals surface area contributed by atoms with Gasteiger partial charge in [0.05, 0.1) is 19.8 Å². The molecular weight excluding hydrogens is 686 g/mol. The topological polar surface area (TPSA) is 201 Å². The summed E-state index contributed by atoms with van der Waals surface area (Å²) in [7, 11) is 0. The van der Waals surface area contributed by atoms with Crippen molar-refractivity contribution in [1.29, 1.82) is 0 Å². The molecule has 2 aliphatic rings. The molecule has 2 N–H and O–H groups in total. The predicted molar refractivity (Wildman–Crippen MR) is 176 cm³/mol. The zero-order chi connectivity index (χ0) is 37.8. The maximum absolute atomic E-state index is 12.4. The van der Waals surface area contributed by atoms with Gasteiger partial charge in [0.15, 0.2) is 30.9 Å². The van der Waals surface area contributed by atoms with Crippen molar-refractivity contribution in [2.45, 2.75) is 109 Å². The van der Waals surface area contributed by atoms with Crippen molar-refractivity contribution >= 4 is 29.8 Å². The number of nitrogens with one attached hydrogen (secondary N) is 1. The molecule has 4 rings (SSSR count). The van der Waals surface area contributed by atoms with Gasteiger partial charge in [0, 0.05) is 34.6 Å². The number of esters is 4. The van der Waals surface area contributed by atoms with Gasteiger partial charge in [-0.1, -0.05) is 60.7 Å². The van der Waals surface area contributed by atoms with Crippen LogP contribution in [0.15, 0.2) is 60.7 Å². The van der Waals surface area contributed by atoms with Crippen LogP contribution in [0.2, 0.25) is 0 Å². The Morgan fingerprint density at radius 3 is 1.71 bits per heavy atom. The van der Waals surface area contributed by atoms with Gasteiger partial charge >= 0.3 is 23.9 Å². The summed E-state index contributed by atoms with van der Waals surface area (Å²) in [6, 6.07) is 17.3. The van der Waals surface area contributed by atoms with Crippen LogP contribution in [0.25, 0.3) is 0 Å². The Balaban J connectivity index is 1.70. The maximum Gasteiger partial charge on any atom is 0.303 e. The van der Waals surface area contributed by atoms with Crippen LogP contribution < -0.4 is 5.32 Å². The lowest BCUT2D eigenvalue weighted by Crippen LogP contribution is -2.68. The standard InChI is InChI=1S/C36H45NO15/c1-20(38)37-29-30(43)31(27(18-44-16-25-12-8-6-9-13-25)50-35(29)46-17-26-14-10-7-11-15-26)52-36-34(49-24(5)42)33(48-23(4)41)32(47-22(3)40)28(51-36)19-45-21(2)39/h6-15,27-36,43H,16-19H2,1-5H3,(H,37,38)/t27-,28+,29-,30-,31-,32-,33-,34+,35+,36-/m0/s1. The normalized spacial score (nSPS) is 28.6. The third-order valence-electron chi connectivity index (χ3n) is 7.93. The smallest absolute Gasteiger partial charge is 0.303 e. The quantitative estimate of drug-likeness (QED) is 0.197. The second-order valence-electron chi connectivity index (χ2n) is 12.2. The van der Waals surface area contributed by atoms with Crippen molar-refractivity contribution in [2.75, 3.05) is 13.2 Å². The fraction of sp³-hybridized carbons (Fsp3) is 0.528. The van der Waals surface area contributed by atoms with E-state index in [1.807, 2.05) is 60.7 Å². The molecule has 0 unspecified atom stereocenters. The van der Waals surface area contributed by atoms with Crippen LogP contribution in [0.4, 0.5) is 0 Å². The van der Waals surface area contributed by atoms with Crippen LogP contribution in [0, 0.1) is 0 Å². The van der Waals surface area contributed by atoms with E-state index in [2.05, 4.69) is 5.32 Å². The fourth-order valence-corrected chi connectivity index (χ4v) is 5.83. The third-order valence-corrected chi connectivity index (χ3v) is 7.93. The van der Waals surface area contributed by atoms with Crippen molar-refractivity contribution in [1.82, 2.24) is 5.32 Å². The molecule has 0 radical (unpaired) electrons. The number of amides is 1. The maximum atomic E-state index is 12.4. The van der Waals surface area contributed by atoms with Crippen molar-refractivity contribution in [3.8, 4) is 0 Å². The molecule has 2 aliphatic heterocycles. The number of carbonyl (C=O) groups is 5. The molecule has 0 spiro atoms. The average molecular weight is 732 g/mol. The first-order valence-electron chi connectivity index (χ1n) is 16.7. The van der Waals surface area contributed by atoms with E-state index in [9.17, 15) is 29.1 Å². The molecule has 284 valence electrons. The second kappa shape index (κ2) is 19.4. The number of benzene rings is 2. The SMILES string of the molecule is CC(=O)N[C@@H]1[C@H](OCc2ccccc2)O[C@@H](COCc2ccccc2)[C@H](O[C@@H]2O[C@H](COC(C)=O)[C@H](OC(C)=O)[C@H](OC(C)=O)[C@H]2OC(C)=O)[C@H]1O. The van der Waals surface area contributed by atoms with Crippen LogP contribution in [0.5, 0.6) is 0 Å². The van der Waals surface area contributed by atoms with E-state index < -0.39 is 97.7 Å². The van der Waals surface area contributed by atoms with Crippen LogP contribution in [-0.4, -0.2) is 109 Å². The van der Waals surface area contributed by atoms with Crippen LogP contribution in [0.3, 0.4) is 0 Å². The van der Waals surface area contributed by atoms with Gasteiger partial charge in [-0.05, 0) is 11.1 Å². The molecule has 0 aliphatic carbocycles. The summed E-state index contributed by atoms with van der Waals surface area (Å²) in [5, 5.41) is 14.6.